The zero-order valence-corrected chi connectivity index (χ0v) is 11.7. The lowest BCUT2D eigenvalue weighted by Gasteiger charge is -2.10. The fourth-order valence-corrected chi connectivity index (χ4v) is 2.95. The minimum atomic E-state index is -0.608. The Bertz CT molecular complexity index is 524. The van der Waals surface area contributed by atoms with Crippen LogP contribution in [0.3, 0.4) is 0 Å². The van der Waals surface area contributed by atoms with E-state index >= 15 is 0 Å². The Morgan fingerprint density at radius 1 is 1.12 bits per heavy atom. The van der Waals surface area contributed by atoms with Gasteiger partial charge in [-0.1, -0.05) is 34.8 Å². The first kappa shape index (κ1) is 13.2. The van der Waals surface area contributed by atoms with Gasteiger partial charge in [-0.2, -0.15) is 0 Å². The van der Waals surface area contributed by atoms with Gasteiger partial charge in [0.25, 0.3) is 0 Å². The van der Waals surface area contributed by atoms with Crippen molar-refractivity contribution in [1.82, 2.24) is 0 Å². The molecule has 0 aliphatic heterocycles. The lowest BCUT2D eigenvalue weighted by Crippen LogP contribution is -2.00. The highest BCUT2D eigenvalue weighted by atomic mass is 35.5. The van der Waals surface area contributed by atoms with Gasteiger partial charge in [0.1, 0.15) is 0 Å². The molecule has 0 fully saturated rings. The third-order valence-electron chi connectivity index (χ3n) is 2.34. The molecule has 2 rings (SSSR count). The Morgan fingerprint density at radius 3 is 2.53 bits per heavy atom. The molecule has 1 unspecified atom stereocenters. The molecule has 17 heavy (non-hydrogen) atoms. The van der Waals surface area contributed by atoms with Crippen LogP contribution in [-0.4, -0.2) is 5.11 Å². The molecule has 0 spiro atoms. The van der Waals surface area contributed by atoms with Gasteiger partial charge in [-0.15, -0.1) is 11.3 Å². The first-order valence-electron chi connectivity index (χ1n) is 4.93. The van der Waals surface area contributed by atoms with E-state index in [-0.39, 0.29) is 0 Å². The molecule has 1 nitrogen and oxygen atoms in total. The maximum Gasteiger partial charge on any atom is 0.0932 e. The van der Waals surface area contributed by atoms with Crippen molar-refractivity contribution in [2.75, 3.05) is 0 Å². The number of thiophene rings is 1. The summed E-state index contributed by atoms with van der Waals surface area (Å²) >= 11 is 19.1. The van der Waals surface area contributed by atoms with Crippen LogP contribution in [0.2, 0.25) is 14.4 Å². The second-order valence-corrected chi connectivity index (χ2v) is 6.19. The summed E-state index contributed by atoms with van der Waals surface area (Å²) in [5.41, 5.74) is 0.830. The van der Waals surface area contributed by atoms with Crippen LogP contribution in [-0.2, 0) is 6.42 Å². The third-order valence-corrected chi connectivity index (χ3v) is 4.28. The molecule has 1 aromatic carbocycles. The summed E-state index contributed by atoms with van der Waals surface area (Å²) in [4.78, 5) is 0.825. The number of aliphatic hydroxyl groups excluding tert-OH is 1. The summed E-state index contributed by atoms with van der Waals surface area (Å²) < 4.78 is 0.663. The predicted molar refractivity (Wildman–Crippen MR) is 74.5 cm³/mol. The van der Waals surface area contributed by atoms with Crippen molar-refractivity contribution in [3.63, 3.8) is 0 Å². The monoisotopic (exact) mass is 306 g/mol. The minimum absolute atomic E-state index is 0.427. The topological polar surface area (TPSA) is 20.2 Å². The highest BCUT2D eigenvalue weighted by Gasteiger charge is 2.13. The van der Waals surface area contributed by atoms with Crippen LogP contribution in [0.5, 0.6) is 0 Å². The fourth-order valence-electron chi connectivity index (χ4n) is 1.52. The van der Waals surface area contributed by atoms with Crippen LogP contribution >= 0.6 is 46.1 Å². The molecule has 0 bridgehead atoms. The Labute approximate surface area is 119 Å². The number of hydrogen-bond donors (Lipinski definition) is 1. The van der Waals surface area contributed by atoms with Gasteiger partial charge in [-0.05, 0) is 35.9 Å². The van der Waals surface area contributed by atoms with E-state index in [1.807, 2.05) is 6.07 Å². The summed E-state index contributed by atoms with van der Waals surface area (Å²) in [7, 11) is 0. The highest BCUT2D eigenvalue weighted by molar-refractivity contribution is 7.16. The van der Waals surface area contributed by atoms with Gasteiger partial charge in [-0.3, -0.25) is 0 Å². The SMILES string of the molecule is OC(Cc1cc(Cl)ccc1Cl)c1ccc(Cl)s1. The first-order chi connectivity index (χ1) is 8.06. The van der Waals surface area contributed by atoms with E-state index in [2.05, 4.69) is 0 Å². The van der Waals surface area contributed by atoms with Gasteiger partial charge in [-0.25, -0.2) is 0 Å². The molecule has 0 aliphatic carbocycles. The van der Waals surface area contributed by atoms with Crippen molar-refractivity contribution < 1.29 is 5.11 Å². The van der Waals surface area contributed by atoms with Crippen molar-refractivity contribution in [2.45, 2.75) is 12.5 Å². The zero-order chi connectivity index (χ0) is 12.4. The standard InChI is InChI=1S/C12H9Cl3OS/c13-8-1-2-9(14)7(5-8)6-10(16)11-3-4-12(15)17-11/h1-5,10,16H,6H2. The molecule has 0 radical (unpaired) electrons. The first-order valence-corrected chi connectivity index (χ1v) is 6.88. The zero-order valence-electron chi connectivity index (χ0n) is 8.66. The van der Waals surface area contributed by atoms with Crippen molar-refractivity contribution in [3.8, 4) is 0 Å². The molecule has 0 aliphatic rings. The average molecular weight is 308 g/mol. The van der Waals surface area contributed by atoms with Crippen molar-refractivity contribution >= 4 is 46.1 Å². The van der Waals surface area contributed by atoms with E-state index < -0.39 is 6.10 Å². The molecule has 1 N–H and O–H groups in total. The number of rotatable bonds is 3. The summed E-state index contributed by atoms with van der Waals surface area (Å²) in [5.74, 6) is 0. The summed E-state index contributed by atoms with van der Waals surface area (Å²) in [6, 6.07) is 8.80. The largest absolute Gasteiger partial charge is 0.387 e. The van der Waals surface area contributed by atoms with E-state index in [0.29, 0.717) is 20.8 Å². The number of halogens is 3. The van der Waals surface area contributed by atoms with E-state index in [0.717, 1.165) is 10.4 Å². The van der Waals surface area contributed by atoms with E-state index in [1.54, 1.807) is 24.3 Å². The second-order valence-electron chi connectivity index (χ2n) is 3.60. The Kier molecular flexibility index (Phi) is 4.34. The second kappa shape index (κ2) is 5.59. The molecule has 2 aromatic rings. The van der Waals surface area contributed by atoms with Gasteiger partial charge < -0.3 is 5.11 Å². The van der Waals surface area contributed by atoms with E-state index in [1.165, 1.54) is 11.3 Å². The van der Waals surface area contributed by atoms with E-state index in [9.17, 15) is 5.11 Å². The van der Waals surface area contributed by atoms with Gasteiger partial charge >= 0.3 is 0 Å². The highest BCUT2D eigenvalue weighted by Crippen LogP contribution is 2.31. The lowest BCUT2D eigenvalue weighted by atomic mass is 10.1. The van der Waals surface area contributed by atoms with Gasteiger partial charge in [0, 0.05) is 21.3 Å². The van der Waals surface area contributed by atoms with Crippen LogP contribution in [0.1, 0.15) is 16.5 Å². The summed E-state index contributed by atoms with van der Waals surface area (Å²) in [6.45, 7) is 0. The molecule has 1 heterocycles. The van der Waals surface area contributed by atoms with Crippen LogP contribution in [0.4, 0.5) is 0 Å². The number of benzene rings is 1. The quantitative estimate of drug-likeness (QED) is 0.847. The maximum absolute atomic E-state index is 10.1. The Balaban J connectivity index is 2.18. The smallest absolute Gasteiger partial charge is 0.0932 e. The molecule has 1 aromatic heterocycles. The molecular weight excluding hydrogens is 299 g/mol. The Hall–Kier alpha value is -0.250. The van der Waals surface area contributed by atoms with Crippen molar-refractivity contribution in [1.29, 1.82) is 0 Å². The molecule has 0 saturated heterocycles. The maximum atomic E-state index is 10.1. The van der Waals surface area contributed by atoms with Crippen molar-refractivity contribution in [3.05, 3.63) is 55.2 Å². The van der Waals surface area contributed by atoms with Crippen molar-refractivity contribution in [2.24, 2.45) is 0 Å². The molecular formula is C12H9Cl3OS. The summed E-state index contributed by atoms with van der Waals surface area (Å²) in [6.07, 6.45) is -0.181. The van der Waals surface area contributed by atoms with Gasteiger partial charge in [0.15, 0.2) is 0 Å². The average Bonchev–Trinajstić information content (AvgIpc) is 2.70. The third kappa shape index (κ3) is 3.36. The lowest BCUT2D eigenvalue weighted by molar-refractivity contribution is 0.182. The van der Waals surface area contributed by atoms with Gasteiger partial charge in [0.2, 0.25) is 0 Å². The predicted octanol–water partition coefficient (Wildman–Crippen LogP) is 4.98. The van der Waals surface area contributed by atoms with Gasteiger partial charge in [0.05, 0.1) is 10.4 Å². The van der Waals surface area contributed by atoms with Crippen LogP contribution in [0.25, 0.3) is 0 Å². The number of hydrogen-bond acceptors (Lipinski definition) is 2. The molecule has 0 amide bonds. The summed E-state index contributed by atoms with van der Waals surface area (Å²) in [5, 5.41) is 11.3. The molecule has 0 saturated carbocycles. The molecule has 5 heteroatoms. The fraction of sp³-hybridized carbons (Fsp3) is 0.167. The normalized spacial score (nSPS) is 12.7. The molecule has 1 atom stereocenters. The minimum Gasteiger partial charge on any atom is -0.387 e. The molecule has 90 valence electrons. The van der Waals surface area contributed by atoms with Crippen LogP contribution < -0.4 is 0 Å². The Morgan fingerprint density at radius 2 is 1.88 bits per heavy atom. The van der Waals surface area contributed by atoms with E-state index in [4.69, 9.17) is 34.8 Å². The van der Waals surface area contributed by atoms with Crippen LogP contribution in [0, 0.1) is 0 Å². The van der Waals surface area contributed by atoms with Crippen LogP contribution in [0.15, 0.2) is 30.3 Å². The number of aliphatic hydroxyl groups is 1.